The summed E-state index contributed by atoms with van der Waals surface area (Å²) in [7, 11) is 2.08. The molecule has 0 atom stereocenters. The van der Waals surface area contributed by atoms with Crippen LogP contribution in [0.5, 0.6) is 5.75 Å². The zero-order chi connectivity index (χ0) is 13.1. The molecule has 2 N–H and O–H groups in total. The molecule has 0 saturated heterocycles. The zero-order valence-electron chi connectivity index (χ0n) is 11.4. The molecule has 0 fully saturated rings. The molecule has 2 aromatic rings. The van der Waals surface area contributed by atoms with Gasteiger partial charge in [0.15, 0.2) is 0 Å². The van der Waals surface area contributed by atoms with Crippen molar-refractivity contribution in [2.24, 2.45) is 12.8 Å². The molecule has 18 heavy (non-hydrogen) atoms. The Hall–Kier alpha value is -1.48. The lowest BCUT2D eigenvalue weighted by Crippen LogP contribution is -2.05. The van der Waals surface area contributed by atoms with Crippen molar-refractivity contribution < 1.29 is 4.74 Å². The summed E-state index contributed by atoms with van der Waals surface area (Å²) >= 11 is 0. The van der Waals surface area contributed by atoms with E-state index in [1.165, 1.54) is 16.5 Å². The molecule has 0 aliphatic heterocycles. The van der Waals surface area contributed by atoms with E-state index in [0.717, 1.165) is 25.1 Å². The van der Waals surface area contributed by atoms with Crippen LogP contribution in [0.2, 0.25) is 0 Å². The minimum absolute atomic E-state index is 0.207. The maximum atomic E-state index is 5.76. The van der Waals surface area contributed by atoms with Gasteiger partial charge in [-0.3, -0.25) is 0 Å². The van der Waals surface area contributed by atoms with E-state index in [1.807, 2.05) is 19.9 Å². The van der Waals surface area contributed by atoms with Gasteiger partial charge in [-0.2, -0.15) is 0 Å². The monoisotopic (exact) mass is 246 g/mol. The molecule has 0 unspecified atom stereocenters. The highest BCUT2D eigenvalue weighted by molar-refractivity contribution is 5.85. The number of rotatable bonds is 5. The SMILES string of the molecule is CC(C)Oc1ccc2c(c1)c(CCCN)cn2C. The highest BCUT2D eigenvalue weighted by Gasteiger charge is 2.08. The second-order valence-electron chi connectivity index (χ2n) is 5.00. The van der Waals surface area contributed by atoms with Crippen LogP contribution < -0.4 is 10.5 Å². The first-order chi connectivity index (χ1) is 8.61. The van der Waals surface area contributed by atoms with Crippen molar-refractivity contribution in [3.63, 3.8) is 0 Å². The van der Waals surface area contributed by atoms with E-state index in [-0.39, 0.29) is 6.10 Å². The van der Waals surface area contributed by atoms with Gasteiger partial charge in [0.25, 0.3) is 0 Å². The van der Waals surface area contributed by atoms with Gasteiger partial charge in [-0.05, 0) is 57.0 Å². The Morgan fingerprint density at radius 1 is 1.33 bits per heavy atom. The molecule has 1 aromatic carbocycles. The largest absolute Gasteiger partial charge is 0.491 e. The van der Waals surface area contributed by atoms with Crippen molar-refractivity contribution in [2.45, 2.75) is 32.8 Å². The van der Waals surface area contributed by atoms with Crippen LogP contribution >= 0.6 is 0 Å². The van der Waals surface area contributed by atoms with E-state index in [0.29, 0.717) is 0 Å². The van der Waals surface area contributed by atoms with Gasteiger partial charge in [0.05, 0.1) is 6.10 Å². The quantitative estimate of drug-likeness (QED) is 0.881. The Kier molecular flexibility index (Phi) is 3.92. The van der Waals surface area contributed by atoms with Gasteiger partial charge in [0, 0.05) is 24.1 Å². The van der Waals surface area contributed by atoms with Crippen molar-refractivity contribution in [3.8, 4) is 5.75 Å². The second-order valence-corrected chi connectivity index (χ2v) is 5.00. The number of aryl methyl sites for hydroxylation is 2. The fraction of sp³-hybridized carbons (Fsp3) is 0.467. The molecule has 3 heteroatoms. The maximum absolute atomic E-state index is 5.76. The van der Waals surface area contributed by atoms with Gasteiger partial charge in [-0.25, -0.2) is 0 Å². The third-order valence-electron chi connectivity index (χ3n) is 3.07. The van der Waals surface area contributed by atoms with Crippen LogP contribution in [0.1, 0.15) is 25.8 Å². The van der Waals surface area contributed by atoms with Crippen LogP contribution in [0.3, 0.4) is 0 Å². The predicted octanol–water partition coefficient (Wildman–Crippen LogP) is 2.86. The Morgan fingerprint density at radius 3 is 2.78 bits per heavy atom. The third-order valence-corrected chi connectivity index (χ3v) is 3.07. The summed E-state index contributed by atoms with van der Waals surface area (Å²) in [6.07, 6.45) is 4.45. The first kappa shape index (κ1) is 13.0. The highest BCUT2D eigenvalue weighted by atomic mass is 16.5. The van der Waals surface area contributed by atoms with E-state index >= 15 is 0 Å². The standard InChI is InChI=1S/C15H22N2O/c1-11(2)18-13-6-7-15-14(9-13)12(5-4-8-16)10-17(15)3/h6-7,9-11H,4-5,8,16H2,1-3H3. The first-order valence-electron chi connectivity index (χ1n) is 6.56. The van der Waals surface area contributed by atoms with Crippen LogP contribution in [0.4, 0.5) is 0 Å². The maximum Gasteiger partial charge on any atom is 0.120 e. The topological polar surface area (TPSA) is 40.2 Å². The number of hydrogen-bond acceptors (Lipinski definition) is 2. The molecule has 0 amide bonds. The predicted molar refractivity (Wildman–Crippen MR) is 76.1 cm³/mol. The van der Waals surface area contributed by atoms with Gasteiger partial charge in [-0.1, -0.05) is 0 Å². The van der Waals surface area contributed by atoms with Crippen molar-refractivity contribution in [2.75, 3.05) is 6.54 Å². The van der Waals surface area contributed by atoms with Gasteiger partial charge < -0.3 is 15.0 Å². The zero-order valence-corrected chi connectivity index (χ0v) is 11.4. The van der Waals surface area contributed by atoms with Gasteiger partial charge in [-0.15, -0.1) is 0 Å². The van der Waals surface area contributed by atoms with Crippen LogP contribution in [0.15, 0.2) is 24.4 Å². The van der Waals surface area contributed by atoms with Crippen LogP contribution in [0, 0.1) is 0 Å². The summed E-state index contributed by atoms with van der Waals surface area (Å²) in [6.45, 7) is 4.83. The van der Waals surface area contributed by atoms with Crippen LogP contribution in [-0.2, 0) is 13.5 Å². The van der Waals surface area contributed by atoms with Crippen LogP contribution in [0.25, 0.3) is 10.9 Å². The van der Waals surface area contributed by atoms with Gasteiger partial charge in [0.1, 0.15) is 5.75 Å². The molecular weight excluding hydrogens is 224 g/mol. The average molecular weight is 246 g/mol. The smallest absolute Gasteiger partial charge is 0.120 e. The molecule has 1 aromatic heterocycles. The Balaban J connectivity index is 2.38. The van der Waals surface area contributed by atoms with Crippen molar-refractivity contribution in [1.29, 1.82) is 0 Å². The number of benzene rings is 1. The molecule has 3 nitrogen and oxygen atoms in total. The fourth-order valence-electron chi connectivity index (χ4n) is 2.29. The molecule has 98 valence electrons. The molecule has 0 bridgehead atoms. The van der Waals surface area contributed by atoms with Crippen molar-refractivity contribution in [3.05, 3.63) is 30.0 Å². The van der Waals surface area contributed by atoms with Crippen molar-refractivity contribution in [1.82, 2.24) is 4.57 Å². The minimum atomic E-state index is 0.207. The van der Waals surface area contributed by atoms with Gasteiger partial charge >= 0.3 is 0 Å². The molecule has 0 aliphatic carbocycles. The summed E-state index contributed by atoms with van der Waals surface area (Å²) in [5.74, 6) is 0.942. The Bertz CT molecular complexity index is 529. The minimum Gasteiger partial charge on any atom is -0.491 e. The normalized spacial score (nSPS) is 11.4. The van der Waals surface area contributed by atoms with E-state index in [9.17, 15) is 0 Å². The number of nitrogens with two attached hydrogens (primary N) is 1. The molecule has 1 heterocycles. The van der Waals surface area contributed by atoms with E-state index in [1.54, 1.807) is 0 Å². The summed E-state index contributed by atoms with van der Waals surface area (Å²) in [5, 5.41) is 1.28. The van der Waals surface area contributed by atoms with Crippen molar-refractivity contribution >= 4 is 10.9 Å². The lowest BCUT2D eigenvalue weighted by atomic mass is 10.1. The molecule has 0 aliphatic rings. The number of hydrogen-bond donors (Lipinski definition) is 1. The second kappa shape index (κ2) is 5.44. The molecule has 0 saturated carbocycles. The average Bonchev–Trinajstić information content (AvgIpc) is 2.62. The molecule has 0 spiro atoms. The summed E-state index contributed by atoms with van der Waals surface area (Å²) in [5.41, 5.74) is 8.19. The van der Waals surface area contributed by atoms with E-state index in [4.69, 9.17) is 10.5 Å². The third kappa shape index (κ3) is 2.67. The number of nitrogens with zero attached hydrogens (tertiary/aromatic N) is 1. The van der Waals surface area contributed by atoms with Crippen LogP contribution in [-0.4, -0.2) is 17.2 Å². The van der Waals surface area contributed by atoms with Gasteiger partial charge in [0.2, 0.25) is 0 Å². The molecule has 2 rings (SSSR count). The van der Waals surface area contributed by atoms with E-state index in [2.05, 4.69) is 29.9 Å². The number of fused-ring (bicyclic) bond motifs is 1. The fourth-order valence-corrected chi connectivity index (χ4v) is 2.29. The summed E-state index contributed by atoms with van der Waals surface area (Å²) < 4.78 is 7.92. The lowest BCUT2D eigenvalue weighted by Gasteiger charge is -2.10. The molecule has 0 radical (unpaired) electrons. The lowest BCUT2D eigenvalue weighted by molar-refractivity contribution is 0.243. The van der Waals surface area contributed by atoms with E-state index < -0.39 is 0 Å². The Morgan fingerprint density at radius 2 is 2.11 bits per heavy atom. The Labute approximate surface area is 109 Å². The summed E-state index contributed by atoms with van der Waals surface area (Å²) in [4.78, 5) is 0. The molecular formula is C15H22N2O. The summed E-state index contributed by atoms with van der Waals surface area (Å²) in [6, 6.07) is 6.30. The number of aromatic nitrogens is 1. The first-order valence-corrected chi connectivity index (χ1v) is 6.56. The highest BCUT2D eigenvalue weighted by Crippen LogP contribution is 2.26. The number of ether oxygens (including phenoxy) is 1.